The molecule has 1 saturated heterocycles. The number of thiocarbonyl (C=S) groups is 1. The van der Waals surface area contributed by atoms with Crippen molar-refractivity contribution in [3.05, 3.63) is 29.3 Å². The van der Waals surface area contributed by atoms with Crippen molar-refractivity contribution in [1.82, 2.24) is 5.32 Å². The second-order valence-corrected chi connectivity index (χ2v) is 4.55. The first-order valence-electron chi connectivity index (χ1n) is 5.50. The standard InChI is InChI=1S/C12H15N3OS/c1-8-3-2-4-9(12(13)17)11(8)15-6-5-14-10(16)7-15/h2-4H,5-7H2,1H3,(H2,13,17)(H,14,16). The topological polar surface area (TPSA) is 58.4 Å². The Labute approximate surface area is 106 Å². The predicted molar refractivity (Wildman–Crippen MR) is 72.3 cm³/mol. The molecule has 2 rings (SSSR count). The number of piperazine rings is 1. The third-order valence-corrected chi connectivity index (χ3v) is 3.08. The van der Waals surface area contributed by atoms with Crippen LogP contribution in [0.1, 0.15) is 11.1 Å². The first kappa shape index (κ1) is 11.9. The predicted octanol–water partition coefficient (Wildman–Crippen LogP) is 0.565. The van der Waals surface area contributed by atoms with Crippen LogP contribution in [0.5, 0.6) is 0 Å². The van der Waals surface area contributed by atoms with Crippen LogP contribution in [-0.4, -0.2) is 30.5 Å². The molecule has 5 heteroatoms. The number of hydrogen-bond donors (Lipinski definition) is 2. The van der Waals surface area contributed by atoms with Crippen LogP contribution in [0.25, 0.3) is 0 Å². The molecule has 0 aliphatic carbocycles. The van der Waals surface area contributed by atoms with Crippen LogP contribution >= 0.6 is 12.2 Å². The van der Waals surface area contributed by atoms with Gasteiger partial charge in [0.1, 0.15) is 4.99 Å². The number of nitrogens with one attached hydrogen (secondary N) is 1. The van der Waals surface area contributed by atoms with E-state index in [2.05, 4.69) is 5.32 Å². The molecule has 0 saturated carbocycles. The Bertz CT molecular complexity index is 473. The van der Waals surface area contributed by atoms with E-state index in [-0.39, 0.29) is 5.91 Å². The van der Waals surface area contributed by atoms with E-state index < -0.39 is 0 Å². The zero-order chi connectivity index (χ0) is 12.4. The molecule has 0 radical (unpaired) electrons. The van der Waals surface area contributed by atoms with E-state index in [1.807, 2.05) is 30.0 Å². The molecule has 17 heavy (non-hydrogen) atoms. The Kier molecular flexibility index (Phi) is 3.28. The van der Waals surface area contributed by atoms with Crippen LogP contribution in [0.15, 0.2) is 18.2 Å². The number of hydrogen-bond acceptors (Lipinski definition) is 3. The number of amides is 1. The van der Waals surface area contributed by atoms with Gasteiger partial charge in [-0.25, -0.2) is 0 Å². The summed E-state index contributed by atoms with van der Waals surface area (Å²) < 4.78 is 0. The summed E-state index contributed by atoms with van der Waals surface area (Å²) >= 11 is 5.06. The quantitative estimate of drug-likeness (QED) is 0.752. The average Bonchev–Trinajstić information content (AvgIpc) is 2.28. The summed E-state index contributed by atoms with van der Waals surface area (Å²) in [4.78, 5) is 13.8. The van der Waals surface area contributed by atoms with Gasteiger partial charge in [0.15, 0.2) is 0 Å². The minimum atomic E-state index is 0.0355. The SMILES string of the molecule is Cc1cccc(C(N)=S)c1N1CCNC(=O)C1. The summed E-state index contributed by atoms with van der Waals surface area (Å²) in [6, 6.07) is 5.83. The van der Waals surface area contributed by atoms with Gasteiger partial charge in [-0.2, -0.15) is 0 Å². The van der Waals surface area contributed by atoms with E-state index in [4.69, 9.17) is 18.0 Å². The summed E-state index contributed by atoms with van der Waals surface area (Å²) in [6.07, 6.45) is 0. The third-order valence-electron chi connectivity index (χ3n) is 2.86. The Morgan fingerprint density at radius 2 is 2.29 bits per heavy atom. The molecule has 1 heterocycles. The molecule has 1 aromatic rings. The maximum absolute atomic E-state index is 11.4. The Morgan fingerprint density at radius 1 is 1.53 bits per heavy atom. The molecular formula is C12H15N3OS. The molecule has 1 fully saturated rings. The molecule has 0 unspecified atom stereocenters. The molecule has 1 aliphatic rings. The summed E-state index contributed by atoms with van der Waals surface area (Å²) in [7, 11) is 0. The van der Waals surface area contributed by atoms with Crippen molar-refractivity contribution in [2.75, 3.05) is 24.5 Å². The molecule has 0 bridgehead atoms. The van der Waals surface area contributed by atoms with Gasteiger partial charge in [0.05, 0.1) is 12.2 Å². The molecule has 4 nitrogen and oxygen atoms in total. The van der Waals surface area contributed by atoms with E-state index in [9.17, 15) is 4.79 Å². The molecule has 1 amide bonds. The highest BCUT2D eigenvalue weighted by atomic mass is 32.1. The van der Waals surface area contributed by atoms with Crippen molar-refractivity contribution in [3.8, 4) is 0 Å². The molecule has 3 N–H and O–H groups in total. The Morgan fingerprint density at radius 3 is 2.94 bits per heavy atom. The summed E-state index contributed by atoms with van der Waals surface area (Å²) in [5.74, 6) is 0.0355. The zero-order valence-corrected chi connectivity index (χ0v) is 10.5. The van der Waals surface area contributed by atoms with Crippen molar-refractivity contribution in [2.24, 2.45) is 5.73 Å². The molecule has 0 atom stereocenters. The number of carbonyl (C=O) groups is 1. The van der Waals surface area contributed by atoms with Crippen LogP contribution in [-0.2, 0) is 4.79 Å². The van der Waals surface area contributed by atoms with E-state index >= 15 is 0 Å². The second-order valence-electron chi connectivity index (χ2n) is 4.11. The largest absolute Gasteiger partial charge is 0.389 e. The Balaban J connectivity index is 2.42. The average molecular weight is 249 g/mol. The number of benzene rings is 1. The van der Waals surface area contributed by atoms with Gasteiger partial charge >= 0.3 is 0 Å². The smallest absolute Gasteiger partial charge is 0.239 e. The fourth-order valence-electron chi connectivity index (χ4n) is 2.11. The first-order valence-corrected chi connectivity index (χ1v) is 5.91. The summed E-state index contributed by atoms with van der Waals surface area (Å²) in [5, 5.41) is 2.81. The normalized spacial score (nSPS) is 15.6. The van der Waals surface area contributed by atoms with Gasteiger partial charge in [0.25, 0.3) is 0 Å². The fraction of sp³-hybridized carbons (Fsp3) is 0.333. The minimum Gasteiger partial charge on any atom is -0.389 e. The lowest BCUT2D eigenvalue weighted by atomic mass is 10.1. The summed E-state index contributed by atoms with van der Waals surface area (Å²) in [6.45, 7) is 3.81. The van der Waals surface area contributed by atoms with Gasteiger partial charge in [-0.15, -0.1) is 0 Å². The number of aryl methyl sites for hydroxylation is 1. The van der Waals surface area contributed by atoms with E-state index in [1.54, 1.807) is 0 Å². The van der Waals surface area contributed by atoms with Crippen LogP contribution in [0.3, 0.4) is 0 Å². The lowest BCUT2D eigenvalue weighted by molar-refractivity contribution is -0.120. The maximum atomic E-state index is 11.4. The van der Waals surface area contributed by atoms with Crippen molar-refractivity contribution < 1.29 is 4.79 Å². The molecular weight excluding hydrogens is 234 g/mol. The second kappa shape index (κ2) is 4.71. The van der Waals surface area contributed by atoms with Crippen LogP contribution < -0.4 is 16.0 Å². The van der Waals surface area contributed by atoms with Gasteiger partial charge in [0, 0.05) is 18.7 Å². The number of rotatable bonds is 2. The zero-order valence-electron chi connectivity index (χ0n) is 9.69. The number of nitrogens with zero attached hydrogens (tertiary/aromatic N) is 1. The lowest BCUT2D eigenvalue weighted by Crippen LogP contribution is -2.48. The molecule has 1 aliphatic heterocycles. The maximum Gasteiger partial charge on any atom is 0.239 e. The highest BCUT2D eigenvalue weighted by Gasteiger charge is 2.21. The van der Waals surface area contributed by atoms with E-state index in [1.165, 1.54) is 0 Å². The minimum absolute atomic E-state index is 0.0355. The van der Waals surface area contributed by atoms with Gasteiger partial charge < -0.3 is 16.0 Å². The highest BCUT2D eigenvalue weighted by Crippen LogP contribution is 2.25. The third kappa shape index (κ3) is 2.39. The lowest BCUT2D eigenvalue weighted by Gasteiger charge is -2.31. The first-order chi connectivity index (χ1) is 8.09. The number of nitrogens with two attached hydrogens (primary N) is 1. The van der Waals surface area contributed by atoms with Crippen LogP contribution in [0, 0.1) is 6.92 Å². The van der Waals surface area contributed by atoms with Gasteiger partial charge in [0.2, 0.25) is 5.91 Å². The number of para-hydroxylation sites is 1. The van der Waals surface area contributed by atoms with Gasteiger partial charge in [-0.3, -0.25) is 4.79 Å². The van der Waals surface area contributed by atoms with E-state index in [0.717, 1.165) is 23.4 Å². The molecule has 90 valence electrons. The Hall–Kier alpha value is -1.62. The number of anilines is 1. The van der Waals surface area contributed by atoms with Crippen LogP contribution in [0.4, 0.5) is 5.69 Å². The monoisotopic (exact) mass is 249 g/mol. The van der Waals surface area contributed by atoms with Crippen molar-refractivity contribution in [3.63, 3.8) is 0 Å². The van der Waals surface area contributed by atoms with Gasteiger partial charge in [-0.05, 0) is 18.6 Å². The van der Waals surface area contributed by atoms with Crippen LogP contribution in [0.2, 0.25) is 0 Å². The molecule has 1 aromatic carbocycles. The van der Waals surface area contributed by atoms with Crippen molar-refractivity contribution in [1.29, 1.82) is 0 Å². The fourth-order valence-corrected chi connectivity index (χ4v) is 2.27. The van der Waals surface area contributed by atoms with Crippen molar-refractivity contribution >= 4 is 28.8 Å². The number of carbonyl (C=O) groups excluding carboxylic acids is 1. The molecule has 0 aromatic heterocycles. The molecule has 0 spiro atoms. The summed E-state index contributed by atoms with van der Waals surface area (Å²) in [5.41, 5.74) is 8.64. The highest BCUT2D eigenvalue weighted by molar-refractivity contribution is 7.80. The van der Waals surface area contributed by atoms with Crippen molar-refractivity contribution in [2.45, 2.75) is 6.92 Å². The van der Waals surface area contributed by atoms with E-state index in [0.29, 0.717) is 18.1 Å². The van der Waals surface area contributed by atoms with Gasteiger partial charge in [-0.1, -0.05) is 24.4 Å².